The predicted octanol–water partition coefficient (Wildman–Crippen LogP) is 0.642. The Labute approximate surface area is 44.9 Å². The average Bonchev–Trinajstić information content (AvgIpc) is 2.19. The van der Waals surface area contributed by atoms with Crippen LogP contribution in [-0.4, -0.2) is 11.1 Å². The van der Waals surface area contributed by atoms with E-state index in [0.717, 1.165) is 0 Å². The summed E-state index contributed by atoms with van der Waals surface area (Å²) in [6.07, 6.45) is 4.02. The predicted molar refractivity (Wildman–Crippen MR) is 24.3 cm³/mol. The summed E-state index contributed by atoms with van der Waals surface area (Å²) in [4.78, 5) is 16.1. The molecule has 0 atom stereocenters. The highest BCUT2D eigenvalue weighted by Gasteiger charge is 1.86. The minimum Gasteiger partial charge on any atom is -0.430 e. The Morgan fingerprint density at radius 1 is 1.88 bits per heavy atom. The molecular weight excluding hydrogens is 108 g/mol. The third-order valence-corrected chi connectivity index (χ3v) is 0.561. The van der Waals surface area contributed by atoms with Gasteiger partial charge in [-0.1, -0.05) is 0 Å². The SMILES string of the molecule is O=C=Nc1ncco1. The number of carbonyl (C=O) groups excluding carboxylic acids is 1. The molecule has 0 aromatic carbocycles. The zero-order valence-corrected chi connectivity index (χ0v) is 3.87. The first-order chi connectivity index (χ1) is 3.93. The Bertz CT molecular complexity index is 198. The second kappa shape index (κ2) is 2.04. The zero-order valence-electron chi connectivity index (χ0n) is 3.87. The van der Waals surface area contributed by atoms with E-state index in [9.17, 15) is 4.79 Å². The van der Waals surface area contributed by atoms with Gasteiger partial charge < -0.3 is 4.42 Å². The van der Waals surface area contributed by atoms with Crippen LogP contribution < -0.4 is 0 Å². The third-order valence-electron chi connectivity index (χ3n) is 0.561. The monoisotopic (exact) mass is 110 g/mol. The van der Waals surface area contributed by atoms with Gasteiger partial charge in [0, 0.05) is 0 Å². The lowest BCUT2D eigenvalue weighted by atomic mass is 11.0. The van der Waals surface area contributed by atoms with E-state index in [1.165, 1.54) is 18.5 Å². The molecule has 0 bridgehead atoms. The molecule has 0 aliphatic carbocycles. The number of aliphatic imine (C=N–C) groups is 1. The van der Waals surface area contributed by atoms with Crippen LogP contribution in [0.25, 0.3) is 0 Å². The summed E-state index contributed by atoms with van der Waals surface area (Å²) in [5.41, 5.74) is 0. The highest BCUT2D eigenvalue weighted by atomic mass is 16.4. The van der Waals surface area contributed by atoms with Crippen molar-refractivity contribution in [2.24, 2.45) is 4.99 Å². The van der Waals surface area contributed by atoms with E-state index < -0.39 is 0 Å². The number of rotatable bonds is 1. The van der Waals surface area contributed by atoms with E-state index in [1.807, 2.05) is 0 Å². The molecule has 1 heterocycles. The van der Waals surface area contributed by atoms with Gasteiger partial charge in [-0.3, -0.25) is 0 Å². The second-order valence-electron chi connectivity index (χ2n) is 1.02. The standard InChI is InChI=1S/C4H2N2O2/c7-3-6-4-5-1-2-8-4/h1-2H. The van der Waals surface area contributed by atoms with Gasteiger partial charge in [-0.05, 0) is 0 Å². The summed E-state index contributed by atoms with van der Waals surface area (Å²) in [6.45, 7) is 0. The fourth-order valence-corrected chi connectivity index (χ4v) is 0.310. The quantitative estimate of drug-likeness (QED) is 0.393. The molecule has 0 saturated heterocycles. The molecule has 1 aromatic heterocycles. The van der Waals surface area contributed by atoms with Crippen LogP contribution in [0.4, 0.5) is 6.01 Å². The van der Waals surface area contributed by atoms with Crippen LogP contribution in [0.1, 0.15) is 0 Å². The van der Waals surface area contributed by atoms with Gasteiger partial charge in [0.1, 0.15) is 6.26 Å². The van der Waals surface area contributed by atoms with Crippen molar-refractivity contribution in [2.75, 3.05) is 0 Å². The normalized spacial score (nSPS) is 8.00. The minimum absolute atomic E-state index is 0.0417. The highest BCUT2D eigenvalue weighted by molar-refractivity contribution is 5.39. The second-order valence-corrected chi connectivity index (χ2v) is 1.02. The van der Waals surface area contributed by atoms with Crippen LogP contribution in [0, 0.1) is 0 Å². The maximum absolute atomic E-state index is 9.48. The fraction of sp³-hybridized carbons (Fsp3) is 0. The maximum atomic E-state index is 9.48. The number of oxazole rings is 1. The number of aromatic nitrogens is 1. The van der Waals surface area contributed by atoms with Gasteiger partial charge in [-0.2, -0.15) is 4.98 Å². The van der Waals surface area contributed by atoms with Gasteiger partial charge in [0.25, 0.3) is 0 Å². The van der Waals surface area contributed by atoms with Crippen molar-refractivity contribution in [3.63, 3.8) is 0 Å². The van der Waals surface area contributed by atoms with Crippen molar-refractivity contribution >= 4 is 12.1 Å². The maximum Gasteiger partial charge on any atom is 0.332 e. The van der Waals surface area contributed by atoms with E-state index in [2.05, 4.69) is 14.4 Å². The van der Waals surface area contributed by atoms with Crippen LogP contribution in [0.5, 0.6) is 0 Å². The highest BCUT2D eigenvalue weighted by Crippen LogP contribution is 2.02. The summed E-state index contributed by atoms with van der Waals surface area (Å²) >= 11 is 0. The number of nitrogens with zero attached hydrogens (tertiary/aromatic N) is 2. The van der Waals surface area contributed by atoms with Crippen molar-refractivity contribution in [1.82, 2.24) is 4.98 Å². The fourth-order valence-electron chi connectivity index (χ4n) is 0.310. The zero-order chi connectivity index (χ0) is 5.82. The van der Waals surface area contributed by atoms with Crippen molar-refractivity contribution in [1.29, 1.82) is 0 Å². The van der Waals surface area contributed by atoms with Crippen LogP contribution in [0.15, 0.2) is 21.9 Å². The van der Waals surface area contributed by atoms with Crippen LogP contribution in [-0.2, 0) is 4.79 Å². The van der Waals surface area contributed by atoms with Crippen molar-refractivity contribution in [3.8, 4) is 0 Å². The van der Waals surface area contributed by atoms with Crippen molar-refractivity contribution in [3.05, 3.63) is 12.5 Å². The Morgan fingerprint density at radius 3 is 3.25 bits per heavy atom. The average molecular weight is 110 g/mol. The summed E-state index contributed by atoms with van der Waals surface area (Å²) in [7, 11) is 0. The van der Waals surface area contributed by atoms with Crippen molar-refractivity contribution in [2.45, 2.75) is 0 Å². The summed E-state index contributed by atoms with van der Waals surface area (Å²) < 4.78 is 4.53. The molecule has 0 saturated carbocycles. The molecule has 0 unspecified atom stereocenters. The number of hydrogen-bond acceptors (Lipinski definition) is 4. The summed E-state index contributed by atoms with van der Waals surface area (Å²) in [5.74, 6) is 0. The van der Waals surface area contributed by atoms with Gasteiger partial charge in [-0.15, -0.1) is 4.99 Å². The largest absolute Gasteiger partial charge is 0.430 e. The number of hydrogen-bond donors (Lipinski definition) is 0. The molecular formula is C4H2N2O2. The molecule has 0 N–H and O–H groups in total. The molecule has 40 valence electrons. The lowest BCUT2D eigenvalue weighted by Crippen LogP contribution is -1.55. The molecule has 0 aliphatic rings. The first-order valence-electron chi connectivity index (χ1n) is 1.91. The van der Waals surface area contributed by atoms with Gasteiger partial charge in [0.15, 0.2) is 0 Å². The smallest absolute Gasteiger partial charge is 0.332 e. The molecule has 8 heavy (non-hydrogen) atoms. The van der Waals surface area contributed by atoms with Crippen LogP contribution in [0.3, 0.4) is 0 Å². The van der Waals surface area contributed by atoms with E-state index in [1.54, 1.807) is 0 Å². The lowest BCUT2D eigenvalue weighted by Gasteiger charge is -1.68. The van der Waals surface area contributed by atoms with Crippen LogP contribution >= 0.6 is 0 Å². The molecule has 1 aromatic rings. The summed E-state index contributed by atoms with van der Waals surface area (Å²) in [5, 5.41) is 0. The summed E-state index contributed by atoms with van der Waals surface area (Å²) in [6, 6.07) is 0.0417. The number of isocyanates is 1. The Balaban J connectivity index is 2.93. The molecule has 0 amide bonds. The molecule has 0 spiro atoms. The van der Waals surface area contributed by atoms with Gasteiger partial charge in [-0.25, -0.2) is 4.79 Å². The first kappa shape index (κ1) is 4.74. The van der Waals surface area contributed by atoms with E-state index in [4.69, 9.17) is 0 Å². The van der Waals surface area contributed by atoms with E-state index >= 15 is 0 Å². The molecule has 4 nitrogen and oxygen atoms in total. The molecule has 0 radical (unpaired) electrons. The van der Waals surface area contributed by atoms with Crippen LogP contribution in [0.2, 0.25) is 0 Å². The first-order valence-corrected chi connectivity index (χ1v) is 1.91. The van der Waals surface area contributed by atoms with Gasteiger partial charge in [0.2, 0.25) is 6.08 Å². The van der Waals surface area contributed by atoms with Crippen molar-refractivity contribution < 1.29 is 9.21 Å². The topological polar surface area (TPSA) is 55.5 Å². The van der Waals surface area contributed by atoms with Gasteiger partial charge >= 0.3 is 6.01 Å². The Hall–Kier alpha value is -1.41. The van der Waals surface area contributed by atoms with E-state index in [-0.39, 0.29) is 6.01 Å². The molecule has 1 rings (SSSR count). The van der Waals surface area contributed by atoms with Gasteiger partial charge in [0.05, 0.1) is 6.20 Å². The molecule has 4 heteroatoms. The Kier molecular flexibility index (Phi) is 1.21. The lowest BCUT2D eigenvalue weighted by molar-refractivity contribution is 0.551. The van der Waals surface area contributed by atoms with E-state index in [0.29, 0.717) is 0 Å². The molecule has 0 fully saturated rings. The Morgan fingerprint density at radius 2 is 2.75 bits per heavy atom. The molecule has 0 aliphatic heterocycles. The minimum atomic E-state index is 0.0417. The third kappa shape index (κ3) is 0.802.